The summed E-state index contributed by atoms with van der Waals surface area (Å²) >= 11 is 0. The zero-order valence-corrected chi connectivity index (χ0v) is 17.9. The van der Waals surface area contributed by atoms with Crippen LogP contribution in [0.4, 0.5) is 13.2 Å². The number of alkyl halides is 3. The highest BCUT2D eigenvalue weighted by Gasteiger charge is 2.38. The van der Waals surface area contributed by atoms with Gasteiger partial charge in [0.15, 0.2) is 0 Å². The average molecular weight is 455 g/mol. The number of carboxylic acid groups (broad SMARTS) is 1. The van der Waals surface area contributed by atoms with Crippen molar-refractivity contribution in [1.82, 2.24) is 24.6 Å². The second-order valence-electron chi connectivity index (χ2n) is 8.14. The van der Waals surface area contributed by atoms with Gasteiger partial charge in [-0.15, -0.1) is 0 Å². The summed E-state index contributed by atoms with van der Waals surface area (Å²) in [7, 11) is 1.89. The molecule has 11 heteroatoms. The molecule has 0 bridgehead atoms. The van der Waals surface area contributed by atoms with Gasteiger partial charge in [0.05, 0.1) is 11.7 Å². The van der Waals surface area contributed by atoms with Crippen molar-refractivity contribution in [2.75, 3.05) is 13.1 Å². The number of hydrogen-bond acceptors (Lipinski definition) is 4. The van der Waals surface area contributed by atoms with Crippen LogP contribution in [0.2, 0.25) is 0 Å². The first-order valence-electron chi connectivity index (χ1n) is 10.6. The monoisotopic (exact) mass is 455 g/mol. The molecule has 0 spiro atoms. The van der Waals surface area contributed by atoms with Crippen LogP contribution in [0.15, 0.2) is 30.6 Å². The molecule has 1 fully saturated rings. The Morgan fingerprint density at radius 1 is 1.25 bits per heavy atom. The molecule has 1 unspecified atom stereocenters. The number of carbonyl (C=O) groups excluding carboxylic acids is 1. The standard InChI is InChI=1S/C19H27N5O.C2HF3O2/c1-22-12-4-7-18(22)19(25)20-10-8-16-13-23(15-5-2-3-6-15)14-17-9-11-21-24(16)17;3-2(4,5)1(6)7/h4,7,9,11-12,15-16H,2-3,5-6,8,10,13-14H2,1H3,(H,20,25);(H,6,7). The number of carboxylic acids is 1. The predicted molar refractivity (Wildman–Crippen MR) is 110 cm³/mol. The minimum atomic E-state index is -5.08. The van der Waals surface area contributed by atoms with Crippen molar-refractivity contribution in [3.05, 3.63) is 42.0 Å². The molecule has 0 saturated heterocycles. The zero-order chi connectivity index (χ0) is 23.3. The number of aryl methyl sites for hydroxylation is 1. The molecule has 2 aromatic rings. The van der Waals surface area contributed by atoms with Crippen molar-refractivity contribution < 1.29 is 27.9 Å². The summed E-state index contributed by atoms with van der Waals surface area (Å²) in [6.07, 6.45) is 4.99. The molecule has 2 aliphatic rings. The van der Waals surface area contributed by atoms with Crippen LogP contribution in [-0.4, -0.2) is 61.5 Å². The molecule has 176 valence electrons. The lowest BCUT2D eigenvalue weighted by Gasteiger charge is -2.37. The van der Waals surface area contributed by atoms with E-state index in [2.05, 4.69) is 26.1 Å². The van der Waals surface area contributed by atoms with E-state index < -0.39 is 12.1 Å². The van der Waals surface area contributed by atoms with E-state index in [1.807, 2.05) is 36.1 Å². The fourth-order valence-corrected chi connectivity index (χ4v) is 4.32. The van der Waals surface area contributed by atoms with E-state index in [-0.39, 0.29) is 5.91 Å². The molecule has 2 aromatic heterocycles. The third kappa shape index (κ3) is 5.90. The summed E-state index contributed by atoms with van der Waals surface area (Å²) in [5.74, 6) is -2.76. The fraction of sp³-hybridized carbons (Fsp3) is 0.571. The number of carbonyl (C=O) groups is 2. The first-order valence-corrected chi connectivity index (χ1v) is 10.6. The molecule has 1 atom stereocenters. The Morgan fingerprint density at radius 3 is 2.53 bits per heavy atom. The maximum absolute atomic E-state index is 12.3. The maximum Gasteiger partial charge on any atom is 0.490 e. The number of aromatic nitrogens is 3. The van der Waals surface area contributed by atoms with Crippen LogP contribution >= 0.6 is 0 Å². The molecule has 3 heterocycles. The predicted octanol–water partition coefficient (Wildman–Crippen LogP) is 2.97. The van der Waals surface area contributed by atoms with Gasteiger partial charge in [-0.3, -0.25) is 14.4 Å². The Morgan fingerprint density at radius 2 is 1.94 bits per heavy atom. The third-order valence-corrected chi connectivity index (χ3v) is 5.93. The van der Waals surface area contributed by atoms with Crippen molar-refractivity contribution in [2.24, 2.45) is 7.05 Å². The topological polar surface area (TPSA) is 92.4 Å². The van der Waals surface area contributed by atoms with E-state index in [1.165, 1.54) is 31.4 Å². The van der Waals surface area contributed by atoms with Gasteiger partial charge in [-0.05, 0) is 37.5 Å². The van der Waals surface area contributed by atoms with E-state index in [9.17, 15) is 18.0 Å². The van der Waals surface area contributed by atoms with E-state index in [4.69, 9.17) is 9.90 Å². The minimum absolute atomic E-state index is 0.00310. The summed E-state index contributed by atoms with van der Waals surface area (Å²) in [4.78, 5) is 23.8. The molecule has 4 rings (SSSR count). The molecule has 2 N–H and O–H groups in total. The van der Waals surface area contributed by atoms with Crippen LogP contribution in [0.3, 0.4) is 0 Å². The molecule has 0 radical (unpaired) electrons. The van der Waals surface area contributed by atoms with Gasteiger partial charge in [-0.1, -0.05) is 12.8 Å². The van der Waals surface area contributed by atoms with E-state index >= 15 is 0 Å². The Kier molecular flexibility index (Phi) is 7.60. The van der Waals surface area contributed by atoms with Crippen LogP contribution in [0.25, 0.3) is 0 Å². The summed E-state index contributed by atoms with van der Waals surface area (Å²) in [6.45, 7) is 2.72. The molecule has 32 heavy (non-hydrogen) atoms. The number of rotatable bonds is 5. The second-order valence-corrected chi connectivity index (χ2v) is 8.14. The number of nitrogens with one attached hydrogen (secondary N) is 1. The summed E-state index contributed by atoms with van der Waals surface area (Å²) in [5, 5.41) is 14.7. The molecular weight excluding hydrogens is 427 g/mol. The van der Waals surface area contributed by atoms with Crippen LogP contribution < -0.4 is 5.32 Å². The Bertz CT molecular complexity index is 918. The van der Waals surface area contributed by atoms with Crippen LogP contribution in [-0.2, 0) is 18.4 Å². The first-order chi connectivity index (χ1) is 15.2. The van der Waals surface area contributed by atoms with Gasteiger partial charge < -0.3 is 15.0 Å². The number of hydrogen-bond donors (Lipinski definition) is 2. The van der Waals surface area contributed by atoms with Gasteiger partial charge in [-0.2, -0.15) is 18.3 Å². The fourth-order valence-electron chi connectivity index (χ4n) is 4.32. The lowest BCUT2D eigenvalue weighted by atomic mass is 10.1. The van der Waals surface area contributed by atoms with Gasteiger partial charge in [-0.25, -0.2) is 4.79 Å². The Labute approximate surface area is 184 Å². The largest absolute Gasteiger partial charge is 0.490 e. The molecule has 1 aliphatic carbocycles. The highest BCUT2D eigenvalue weighted by molar-refractivity contribution is 5.92. The number of amides is 1. The van der Waals surface area contributed by atoms with Gasteiger partial charge >= 0.3 is 12.1 Å². The smallest absolute Gasteiger partial charge is 0.475 e. The van der Waals surface area contributed by atoms with E-state index in [1.54, 1.807) is 0 Å². The van der Waals surface area contributed by atoms with Gasteiger partial charge in [0, 0.05) is 45.1 Å². The van der Waals surface area contributed by atoms with Gasteiger partial charge in [0.25, 0.3) is 5.91 Å². The Hall–Kier alpha value is -2.82. The number of halogens is 3. The highest BCUT2D eigenvalue weighted by Crippen LogP contribution is 2.30. The molecule has 8 nitrogen and oxygen atoms in total. The lowest BCUT2D eigenvalue weighted by Crippen LogP contribution is -2.43. The van der Waals surface area contributed by atoms with Crippen molar-refractivity contribution in [3.8, 4) is 0 Å². The number of fused-ring (bicyclic) bond motifs is 1. The number of aliphatic carboxylic acids is 1. The first kappa shape index (κ1) is 23.8. The van der Waals surface area contributed by atoms with Crippen molar-refractivity contribution >= 4 is 11.9 Å². The SMILES string of the molecule is Cn1cccc1C(=O)NCCC1CN(C2CCCC2)Cc2ccnn21.O=C(O)C(F)(F)F. The van der Waals surface area contributed by atoms with Gasteiger partial charge in [0.2, 0.25) is 0 Å². The molecule has 0 aromatic carbocycles. The normalized spacial score (nSPS) is 19.2. The van der Waals surface area contributed by atoms with Crippen molar-refractivity contribution in [3.63, 3.8) is 0 Å². The molecule has 1 amide bonds. The summed E-state index contributed by atoms with van der Waals surface area (Å²) in [5.41, 5.74) is 2.01. The summed E-state index contributed by atoms with van der Waals surface area (Å²) in [6, 6.07) is 6.95. The quantitative estimate of drug-likeness (QED) is 0.723. The van der Waals surface area contributed by atoms with E-state index in [0.29, 0.717) is 18.3 Å². The van der Waals surface area contributed by atoms with Crippen LogP contribution in [0.1, 0.15) is 54.3 Å². The second kappa shape index (κ2) is 10.2. The Balaban J connectivity index is 0.000000360. The van der Waals surface area contributed by atoms with Crippen LogP contribution in [0.5, 0.6) is 0 Å². The average Bonchev–Trinajstić information content (AvgIpc) is 3.48. The molecule has 1 saturated carbocycles. The van der Waals surface area contributed by atoms with Crippen LogP contribution in [0, 0.1) is 0 Å². The highest BCUT2D eigenvalue weighted by atomic mass is 19.4. The van der Waals surface area contributed by atoms with E-state index in [0.717, 1.165) is 25.6 Å². The molecular formula is C21H28F3N5O3. The summed E-state index contributed by atoms with van der Waals surface area (Å²) < 4.78 is 35.8. The zero-order valence-electron chi connectivity index (χ0n) is 17.9. The number of nitrogens with zero attached hydrogens (tertiary/aromatic N) is 4. The lowest BCUT2D eigenvalue weighted by molar-refractivity contribution is -0.192. The van der Waals surface area contributed by atoms with Crippen molar-refractivity contribution in [1.29, 1.82) is 0 Å². The van der Waals surface area contributed by atoms with Crippen molar-refractivity contribution in [2.45, 2.75) is 56.9 Å². The maximum atomic E-state index is 12.3. The minimum Gasteiger partial charge on any atom is -0.475 e. The molecule has 1 aliphatic heterocycles. The third-order valence-electron chi connectivity index (χ3n) is 5.93. The van der Waals surface area contributed by atoms with Gasteiger partial charge in [0.1, 0.15) is 5.69 Å².